The summed E-state index contributed by atoms with van der Waals surface area (Å²) in [5.74, 6) is -0.621. The van der Waals surface area contributed by atoms with Crippen molar-refractivity contribution in [3.05, 3.63) is 11.6 Å². The van der Waals surface area contributed by atoms with Crippen molar-refractivity contribution in [2.75, 3.05) is 26.4 Å². The summed E-state index contributed by atoms with van der Waals surface area (Å²) in [6, 6.07) is 0. The van der Waals surface area contributed by atoms with Gasteiger partial charge in [0.25, 0.3) is 0 Å². The Morgan fingerprint density at radius 3 is 2.22 bits per heavy atom. The number of hydrogen-bond donors (Lipinski definition) is 9. The van der Waals surface area contributed by atoms with Crippen LogP contribution in [0.15, 0.2) is 11.6 Å². The number of rotatable bonds is 12. The lowest BCUT2D eigenvalue weighted by Gasteiger charge is -2.58. The van der Waals surface area contributed by atoms with Crippen LogP contribution in [-0.4, -0.2) is 169 Å². The van der Waals surface area contributed by atoms with Gasteiger partial charge in [-0.2, -0.15) is 0 Å². The van der Waals surface area contributed by atoms with Gasteiger partial charge in [-0.25, -0.2) is 0 Å². The summed E-state index contributed by atoms with van der Waals surface area (Å²) in [5.41, 5.74) is -0.357. The third-order valence-electron chi connectivity index (χ3n) is 17.0. The Labute approximate surface area is 367 Å². The van der Waals surface area contributed by atoms with Gasteiger partial charge < -0.3 is 79.1 Å². The zero-order chi connectivity index (χ0) is 45.4. The monoisotopic (exact) mass is 898 g/mol. The largest absolute Gasteiger partial charge is 0.481 e. The van der Waals surface area contributed by atoms with Crippen LogP contribution in [0.2, 0.25) is 0 Å². The van der Waals surface area contributed by atoms with Crippen LogP contribution in [0.4, 0.5) is 0 Å². The van der Waals surface area contributed by atoms with E-state index in [-0.39, 0.29) is 41.5 Å². The molecule has 0 bridgehead atoms. The molecule has 3 saturated carbocycles. The summed E-state index contributed by atoms with van der Waals surface area (Å²) in [6.07, 6.45) is -6.26. The second-order valence-electron chi connectivity index (χ2n) is 21.0. The number of carboxylic acids is 1. The number of carbonyl (C=O) groups excluding carboxylic acids is 1. The molecule has 0 aromatic rings. The minimum Gasteiger partial charge on any atom is -0.481 e. The van der Waals surface area contributed by atoms with Crippen LogP contribution in [-0.2, 0) is 42.7 Å². The van der Waals surface area contributed by atoms with Crippen LogP contribution in [0, 0.1) is 46.3 Å². The minimum atomic E-state index is -1.75. The van der Waals surface area contributed by atoms with Gasteiger partial charge in [0.1, 0.15) is 48.8 Å². The number of carbonyl (C=O) groups is 2. The number of hydrogen-bond acceptors (Lipinski definition) is 17. The van der Waals surface area contributed by atoms with Crippen LogP contribution in [0.5, 0.6) is 0 Å². The molecule has 8 rings (SSSR count). The average Bonchev–Trinajstić information content (AvgIpc) is 3.68. The molecule has 8 aliphatic rings. The maximum Gasteiger partial charge on any atom is 0.308 e. The summed E-state index contributed by atoms with van der Waals surface area (Å²) in [5, 5.41) is 92.2. The lowest BCUT2D eigenvalue weighted by molar-refractivity contribution is -0.372. The molecule has 63 heavy (non-hydrogen) atoms. The van der Waals surface area contributed by atoms with E-state index in [0.717, 1.165) is 38.5 Å². The predicted octanol–water partition coefficient (Wildman–Crippen LogP) is 0.501. The fourth-order valence-electron chi connectivity index (χ4n) is 13.6. The lowest BCUT2D eigenvalue weighted by Crippen LogP contribution is -2.65. The Bertz CT molecular complexity index is 1680. The third-order valence-corrected chi connectivity index (χ3v) is 17.0. The number of aliphatic carboxylic acids is 1. The summed E-state index contributed by atoms with van der Waals surface area (Å²) >= 11 is 0. The van der Waals surface area contributed by atoms with Gasteiger partial charge in [-0.3, -0.25) is 9.59 Å². The fraction of sp³-hybridized carbons (Fsp3) is 0.911. The molecule has 18 heteroatoms. The van der Waals surface area contributed by atoms with Crippen molar-refractivity contribution in [1.82, 2.24) is 0 Å². The van der Waals surface area contributed by atoms with E-state index in [1.165, 1.54) is 12.5 Å². The van der Waals surface area contributed by atoms with E-state index in [1.54, 1.807) is 0 Å². The second kappa shape index (κ2) is 18.0. The van der Waals surface area contributed by atoms with E-state index in [4.69, 9.17) is 38.3 Å². The van der Waals surface area contributed by atoms with Crippen LogP contribution in [0.3, 0.4) is 0 Å². The van der Waals surface area contributed by atoms with Gasteiger partial charge in [-0.15, -0.1) is 0 Å². The molecule has 18 nitrogen and oxygen atoms in total. The van der Waals surface area contributed by atoms with Gasteiger partial charge >= 0.3 is 11.9 Å². The van der Waals surface area contributed by atoms with Crippen molar-refractivity contribution in [1.29, 1.82) is 0 Å². The number of ether oxygens (including phenoxy) is 7. The molecule has 4 aliphatic heterocycles. The molecular weight excluding hydrogens is 828 g/mol. The molecule has 358 valence electrons. The van der Waals surface area contributed by atoms with Crippen molar-refractivity contribution in [2.24, 2.45) is 46.3 Å². The molecule has 9 N–H and O–H groups in total. The molecule has 7 fully saturated rings. The Morgan fingerprint density at radius 1 is 0.857 bits per heavy atom. The minimum absolute atomic E-state index is 0.0260. The van der Waals surface area contributed by atoms with Crippen LogP contribution in [0.1, 0.15) is 98.3 Å². The highest BCUT2D eigenvalue weighted by Gasteiger charge is 2.69. The van der Waals surface area contributed by atoms with Gasteiger partial charge in [0, 0.05) is 18.3 Å². The number of esters is 1. The summed E-state index contributed by atoms with van der Waals surface area (Å²) in [6.45, 7) is 7.66. The highest BCUT2D eigenvalue weighted by molar-refractivity contribution is 5.73. The fourth-order valence-corrected chi connectivity index (χ4v) is 13.6. The number of aliphatic hydroxyl groups excluding tert-OH is 7. The lowest BCUT2D eigenvalue weighted by atomic mass is 9.47. The van der Waals surface area contributed by atoms with E-state index in [0.29, 0.717) is 49.5 Å². The SMILES string of the molecule is CC1C2C(CC3C4CC=C5CC(OC6OC(CO)C(O)C(O)C6OC6OC(CO)C(O)C(O)C6O)CCC5(C)C4CCC32C)OC12CCC(COC(=O)CC(C)(O)CC(=O)O)CO2. The first-order chi connectivity index (χ1) is 29.7. The summed E-state index contributed by atoms with van der Waals surface area (Å²) in [4.78, 5) is 23.4. The predicted molar refractivity (Wildman–Crippen MR) is 216 cm³/mol. The third kappa shape index (κ3) is 8.66. The van der Waals surface area contributed by atoms with Crippen molar-refractivity contribution in [3.63, 3.8) is 0 Å². The maximum absolute atomic E-state index is 12.4. The summed E-state index contributed by atoms with van der Waals surface area (Å²) in [7, 11) is 0. The Hall–Kier alpha value is -1.88. The normalized spacial score (nSPS) is 50.4. The standard InChI is InChI=1S/C45H70O18/c1-21-33-28(63-45(21)12-7-22(20-58-45)19-57-32(50)16-42(2,56)15-31(48)49)14-27-25-6-5-23-13-24(8-10-43(23,3)26(25)9-11-44(27,33)4)59-41-39(37(54)35(52)30(18-47)61-41)62-40-38(55)36(53)34(51)29(17-46)60-40/h5,21-22,24-30,33-41,46-47,51-56H,6-20H2,1-4H3,(H,48,49). The smallest absolute Gasteiger partial charge is 0.308 e. The molecule has 22 atom stereocenters. The number of fused-ring (bicyclic) bond motifs is 7. The number of allylic oxidation sites excluding steroid dienone is 1. The first kappa shape index (κ1) is 47.6. The first-order valence-electron chi connectivity index (χ1n) is 23.1. The van der Waals surface area contributed by atoms with E-state index in [1.807, 2.05) is 0 Å². The molecule has 4 heterocycles. The van der Waals surface area contributed by atoms with Crippen molar-refractivity contribution < 1.29 is 88.7 Å². The molecule has 0 radical (unpaired) electrons. The molecule has 4 aliphatic carbocycles. The van der Waals surface area contributed by atoms with E-state index >= 15 is 0 Å². The van der Waals surface area contributed by atoms with Crippen LogP contribution >= 0.6 is 0 Å². The summed E-state index contributed by atoms with van der Waals surface area (Å²) < 4.78 is 43.0. The number of aliphatic hydroxyl groups is 8. The van der Waals surface area contributed by atoms with Crippen molar-refractivity contribution >= 4 is 11.9 Å². The van der Waals surface area contributed by atoms with E-state index in [9.17, 15) is 50.4 Å². The first-order valence-corrected chi connectivity index (χ1v) is 23.1. The zero-order valence-electron chi connectivity index (χ0n) is 36.8. The molecule has 1 spiro atoms. The van der Waals surface area contributed by atoms with Crippen LogP contribution < -0.4 is 0 Å². The van der Waals surface area contributed by atoms with E-state index < -0.39 is 111 Å². The average molecular weight is 899 g/mol. The Morgan fingerprint density at radius 2 is 1.56 bits per heavy atom. The highest BCUT2D eigenvalue weighted by atomic mass is 16.8. The van der Waals surface area contributed by atoms with Gasteiger partial charge in [0.15, 0.2) is 18.4 Å². The highest BCUT2D eigenvalue weighted by Crippen LogP contribution is 2.70. The maximum atomic E-state index is 12.4. The van der Waals surface area contributed by atoms with E-state index in [2.05, 4.69) is 26.8 Å². The van der Waals surface area contributed by atoms with Crippen LogP contribution in [0.25, 0.3) is 0 Å². The van der Waals surface area contributed by atoms with Gasteiger partial charge in [0.2, 0.25) is 0 Å². The quantitative estimate of drug-likeness (QED) is 0.0953. The molecule has 22 unspecified atom stereocenters. The van der Waals surface area contributed by atoms with Crippen molar-refractivity contribution in [2.45, 2.75) is 183 Å². The Kier molecular flexibility index (Phi) is 13.6. The van der Waals surface area contributed by atoms with Gasteiger partial charge in [-0.1, -0.05) is 32.4 Å². The molecule has 0 aromatic carbocycles. The zero-order valence-corrected chi connectivity index (χ0v) is 36.8. The van der Waals surface area contributed by atoms with Gasteiger partial charge in [0.05, 0.1) is 57.1 Å². The second-order valence-corrected chi connectivity index (χ2v) is 21.0. The van der Waals surface area contributed by atoms with Gasteiger partial charge in [-0.05, 0) is 92.8 Å². The number of carboxylic acid groups (broad SMARTS) is 1. The topological polar surface area (TPSA) is 281 Å². The molecular formula is C45H70O18. The van der Waals surface area contributed by atoms with Crippen molar-refractivity contribution in [3.8, 4) is 0 Å². The molecule has 0 amide bonds. The Balaban J connectivity index is 0.888. The molecule has 4 saturated heterocycles. The molecule has 0 aromatic heterocycles.